The summed E-state index contributed by atoms with van der Waals surface area (Å²) < 4.78 is 38.2. The van der Waals surface area contributed by atoms with Crippen LogP contribution in [0.15, 0.2) is 18.2 Å². The van der Waals surface area contributed by atoms with Gasteiger partial charge in [0.05, 0.1) is 5.56 Å². The molecule has 1 aromatic rings. The molecule has 20 heavy (non-hydrogen) atoms. The summed E-state index contributed by atoms with van der Waals surface area (Å²) in [4.78, 5) is 0. The van der Waals surface area contributed by atoms with Gasteiger partial charge < -0.3 is 5.32 Å². The Morgan fingerprint density at radius 2 is 1.95 bits per heavy atom. The van der Waals surface area contributed by atoms with E-state index in [2.05, 4.69) is 5.32 Å². The first-order chi connectivity index (χ1) is 9.41. The van der Waals surface area contributed by atoms with Gasteiger partial charge in [-0.25, -0.2) is 0 Å². The highest BCUT2D eigenvalue weighted by atomic mass is 35.5. The molecular formula is C15H17ClF3N. The van der Waals surface area contributed by atoms with Crippen LogP contribution in [0.4, 0.5) is 18.9 Å². The van der Waals surface area contributed by atoms with Gasteiger partial charge in [0.25, 0.3) is 0 Å². The number of fused-ring (bicyclic) bond motifs is 2. The third kappa shape index (κ3) is 2.90. The number of rotatable bonds is 3. The summed E-state index contributed by atoms with van der Waals surface area (Å²) in [7, 11) is 0. The normalized spacial score (nSPS) is 28.9. The summed E-state index contributed by atoms with van der Waals surface area (Å²) >= 11 is 5.77. The molecule has 2 fully saturated rings. The van der Waals surface area contributed by atoms with E-state index in [-0.39, 0.29) is 5.02 Å². The van der Waals surface area contributed by atoms with E-state index >= 15 is 0 Å². The summed E-state index contributed by atoms with van der Waals surface area (Å²) in [5, 5.41) is 3.26. The molecule has 1 N–H and O–H groups in total. The zero-order chi connectivity index (χ0) is 14.3. The van der Waals surface area contributed by atoms with Gasteiger partial charge in [-0.3, -0.25) is 0 Å². The molecule has 5 heteroatoms. The van der Waals surface area contributed by atoms with Crippen molar-refractivity contribution in [2.45, 2.75) is 31.9 Å². The standard InChI is InChI=1S/C15H17ClF3N/c16-13-5-12(15(17,18)19)6-14(7-13)20-8-11-4-9-1-2-10(11)3-9/h5-7,9-11,20H,1-4,8H2. The highest BCUT2D eigenvalue weighted by molar-refractivity contribution is 6.30. The molecule has 3 atom stereocenters. The predicted octanol–water partition coefficient (Wildman–Crippen LogP) is 5.21. The van der Waals surface area contributed by atoms with Crippen molar-refractivity contribution in [3.8, 4) is 0 Å². The smallest absolute Gasteiger partial charge is 0.385 e. The molecule has 3 unspecified atom stereocenters. The van der Waals surface area contributed by atoms with E-state index in [9.17, 15) is 13.2 Å². The van der Waals surface area contributed by atoms with Gasteiger partial charge in [-0.05, 0) is 55.2 Å². The number of alkyl halides is 3. The number of anilines is 1. The molecule has 2 aliphatic carbocycles. The fourth-order valence-electron chi connectivity index (χ4n) is 3.73. The van der Waals surface area contributed by atoms with Gasteiger partial charge in [-0.15, -0.1) is 0 Å². The molecule has 0 amide bonds. The Hall–Kier alpha value is -0.900. The van der Waals surface area contributed by atoms with Crippen LogP contribution in [-0.2, 0) is 6.18 Å². The summed E-state index contributed by atoms with van der Waals surface area (Å²) in [6.07, 6.45) is 0.769. The highest BCUT2D eigenvalue weighted by Crippen LogP contribution is 2.48. The molecule has 2 aliphatic rings. The van der Waals surface area contributed by atoms with Crippen LogP contribution < -0.4 is 5.32 Å². The molecule has 1 nitrogen and oxygen atoms in total. The Morgan fingerprint density at radius 1 is 1.15 bits per heavy atom. The van der Waals surface area contributed by atoms with Crippen molar-refractivity contribution < 1.29 is 13.2 Å². The molecular weight excluding hydrogens is 287 g/mol. The second-order valence-corrected chi connectivity index (χ2v) is 6.48. The van der Waals surface area contributed by atoms with Crippen LogP contribution in [0.3, 0.4) is 0 Å². The van der Waals surface area contributed by atoms with E-state index < -0.39 is 11.7 Å². The summed E-state index contributed by atoms with van der Waals surface area (Å²) in [6.45, 7) is 0.749. The van der Waals surface area contributed by atoms with E-state index in [0.29, 0.717) is 11.6 Å². The number of hydrogen-bond donors (Lipinski definition) is 1. The Balaban J connectivity index is 1.67. The molecule has 1 aromatic carbocycles. The Labute approximate surface area is 121 Å². The monoisotopic (exact) mass is 303 g/mol. The van der Waals surface area contributed by atoms with Crippen molar-refractivity contribution in [3.63, 3.8) is 0 Å². The number of nitrogens with one attached hydrogen (secondary N) is 1. The maximum Gasteiger partial charge on any atom is 0.416 e. The first kappa shape index (κ1) is 14.1. The van der Waals surface area contributed by atoms with Gasteiger partial charge >= 0.3 is 6.18 Å². The average Bonchev–Trinajstić information content (AvgIpc) is 2.96. The van der Waals surface area contributed by atoms with Crippen molar-refractivity contribution in [2.24, 2.45) is 17.8 Å². The maximum absolute atomic E-state index is 12.7. The molecule has 0 spiro atoms. The minimum atomic E-state index is -4.35. The molecule has 2 saturated carbocycles. The third-order valence-electron chi connectivity index (χ3n) is 4.68. The third-order valence-corrected chi connectivity index (χ3v) is 4.90. The van der Waals surface area contributed by atoms with Gasteiger partial charge in [0.15, 0.2) is 0 Å². The fourth-order valence-corrected chi connectivity index (χ4v) is 3.97. The zero-order valence-corrected chi connectivity index (χ0v) is 11.8. The topological polar surface area (TPSA) is 12.0 Å². The number of benzene rings is 1. The van der Waals surface area contributed by atoms with Crippen molar-refractivity contribution in [1.82, 2.24) is 0 Å². The maximum atomic E-state index is 12.7. The van der Waals surface area contributed by atoms with Gasteiger partial charge in [0, 0.05) is 17.3 Å². The largest absolute Gasteiger partial charge is 0.416 e. The molecule has 110 valence electrons. The minimum Gasteiger partial charge on any atom is -0.385 e. The van der Waals surface area contributed by atoms with E-state index in [0.717, 1.165) is 30.5 Å². The summed E-state index contributed by atoms with van der Waals surface area (Å²) in [5.74, 6) is 2.20. The second-order valence-electron chi connectivity index (χ2n) is 6.04. The molecule has 0 aromatic heterocycles. The lowest BCUT2D eigenvalue weighted by Gasteiger charge is -2.22. The summed E-state index contributed by atoms with van der Waals surface area (Å²) in [6, 6.07) is 3.66. The van der Waals surface area contributed by atoms with Crippen molar-refractivity contribution in [3.05, 3.63) is 28.8 Å². The molecule has 0 radical (unpaired) electrons. The lowest BCUT2D eigenvalue weighted by molar-refractivity contribution is -0.137. The first-order valence-electron chi connectivity index (χ1n) is 7.03. The number of hydrogen-bond acceptors (Lipinski definition) is 1. The van der Waals surface area contributed by atoms with Gasteiger partial charge in [-0.1, -0.05) is 18.0 Å². The van der Waals surface area contributed by atoms with E-state index in [1.165, 1.54) is 25.7 Å². The second kappa shape index (κ2) is 5.14. The van der Waals surface area contributed by atoms with Gasteiger partial charge in [-0.2, -0.15) is 13.2 Å². The van der Waals surface area contributed by atoms with Crippen LogP contribution in [0.2, 0.25) is 5.02 Å². The van der Waals surface area contributed by atoms with Crippen molar-refractivity contribution in [1.29, 1.82) is 0 Å². The Bertz CT molecular complexity index is 500. The molecule has 0 heterocycles. The highest BCUT2D eigenvalue weighted by Gasteiger charge is 2.39. The SMILES string of the molecule is FC(F)(F)c1cc(Cl)cc(NCC2CC3CCC2C3)c1. The van der Waals surface area contributed by atoms with Crippen LogP contribution >= 0.6 is 11.6 Å². The van der Waals surface area contributed by atoms with Crippen LogP contribution in [-0.4, -0.2) is 6.54 Å². The first-order valence-corrected chi connectivity index (χ1v) is 7.41. The Kier molecular flexibility index (Phi) is 3.61. The average molecular weight is 304 g/mol. The van der Waals surface area contributed by atoms with Crippen molar-refractivity contribution in [2.75, 3.05) is 11.9 Å². The fraction of sp³-hybridized carbons (Fsp3) is 0.600. The lowest BCUT2D eigenvalue weighted by atomic mass is 9.89. The van der Waals surface area contributed by atoms with Crippen LogP contribution in [0.25, 0.3) is 0 Å². The molecule has 3 rings (SSSR count). The van der Waals surface area contributed by atoms with E-state index in [4.69, 9.17) is 11.6 Å². The molecule has 0 aliphatic heterocycles. The van der Waals surface area contributed by atoms with E-state index in [1.807, 2.05) is 0 Å². The zero-order valence-electron chi connectivity index (χ0n) is 11.0. The minimum absolute atomic E-state index is 0.121. The number of halogens is 4. The van der Waals surface area contributed by atoms with E-state index in [1.54, 1.807) is 6.07 Å². The van der Waals surface area contributed by atoms with Crippen LogP contribution in [0, 0.1) is 17.8 Å². The predicted molar refractivity (Wildman–Crippen MR) is 73.9 cm³/mol. The summed E-state index contributed by atoms with van der Waals surface area (Å²) in [5.41, 5.74) is -0.229. The quantitative estimate of drug-likeness (QED) is 0.808. The lowest BCUT2D eigenvalue weighted by Crippen LogP contribution is -2.20. The van der Waals surface area contributed by atoms with Crippen LogP contribution in [0.5, 0.6) is 0 Å². The molecule has 0 saturated heterocycles. The van der Waals surface area contributed by atoms with Crippen molar-refractivity contribution >= 4 is 17.3 Å². The van der Waals surface area contributed by atoms with Gasteiger partial charge in [0.1, 0.15) is 0 Å². The Morgan fingerprint density at radius 3 is 2.55 bits per heavy atom. The van der Waals surface area contributed by atoms with Gasteiger partial charge in [0.2, 0.25) is 0 Å². The molecule has 2 bridgehead atoms. The van der Waals surface area contributed by atoms with Crippen LogP contribution in [0.1, 0.15) is 31.2 Å².